The molecule has 0 spiro atoms. The van der Waals surface area contributed by atoms with Crippen LogP contribution >= 0.6 is 11.6 Å². The molecule has 4 rings (SSSR count). The summed E-state index contributed by atoms with van der Waals surface area (Å²) in [6.07, 6.45) is 0.813. The minimum absolute atomic E-state index is 0.0370. The second-order valence-electron chi connectivity index (χ2n) is 6.46. The van der Waals surface area contributed by atoms with Gasteiger partial charge in [0.15, 0.2) is 0 Å². The number of halogens is 1. The predicted molar refractivity (Wildman–Crippen MR) is 102 cm³/mol. The molecule has 3 aromatic carbocycles. The van der Waals surface area contributed by atoms with Crippen molar-refractivity contribution in [3.8, 4) is 0 Å². The zero-order chi connectivity index (χ0) is 17.3. The highest BCUT2D eigenvalue weighted by Crippen LogP contribution is 2.59. The third kappa shape index (κ3) is 2.94. The van der Waals surface area contributed by atoms with Gasteiger partial charge in [-0.15, -0.1) is 0 Å². The standard InChI is InChI=1S/C22H18ClNO/c23-18-12-7-13-19(14-18)24-21(25)20-15-22(20,16-8-3-1-4-9-16)17-10-5-2-6-11-17/h1-14,20H,15H2,(H,24,25). The van der Waals surface area contributed by atoms with E-state index in [0.717, 1.165) is 12.1 Å². The smallest absolute Gasteiger partial charge is 0.228 e. The van der Waals surface area contributed by atoms with Crippen LogP contribution in [-0.4, -0.2) is 5.91 Å². The monoisotopic (exact) mass is 347 g/mol. The second kappa shape index (κ2) is 6.38. The van der Waals surface area contributed by atoms with Crippen molar-refractivity contribution in [2.45, 2.75) is 11.8 Å². The summed E-state index contributed by atoms with van der Waals surface area (Å²) in [4.78, 5) is 12.9. The Morgan fingerprint density at radius 3 is 2.04 bits per heavy atom. The molecule has 1 N–H and O–H groups in total. The first-order chi connectivity index (χ1) is 12.2. The third-order valence-electron chi connectivity index (χ3n) is 4.95. The molecule has 2 nitrogen and oxygen atoms in total. The maximum Gasteiger partial charge on any atom is 0.228 e. The van der Waals surface area contributed by atoms with Crippen molar-refractivity contribution >= 4 is 23.2 Å². The molecule has 0 bridgehead atoms. The van der Waals surface area contributed by atoms with E-state index in [1.165, 1.54) is 11.1 Å². The van der Waals surface area contributed by atoms with Crippen molar-refractivity contribution in [3.05, 3.63) is 101 Å². The Balaban J connectivity index is 1.65. The molecule has 1 atom stereocenters. The van der Waals surface area contributed by atoms with Crippen molar-refractivity contribution < 1.29 is 4.79 Å². The molecule has 1 aliphatic rings. The molecular weight excluding hydrogens is 330 g/mol. The van der Waals surface area contributed by atoms with Gasteiger partial charge in [-0.25, -0.2) is 0 Å². The van der Waals surface area contributed by atoms with Gasteiger partial charge >= 0.3 is 0 Å². The molecule has 1 saturated carbocycles. The fourth-order valence-electron chi connectivity index (χ4n) is 3.65. The number of amides is 1. The van der Waals surface area contributed by atoms with Gasteiger partial charge in [0, 0.05) is 16.1 Å². The molecule has 1 fully saturated rings. The highest BCUT2D eigenvalue weighted by Gasteiger charge is 2.60. The van der Waals surface area contributed by atoms with Gasteiger partial charge < -0.3 is 5.32 Å². The minimum Gasteiger partial charge on any atom is -0.326 e. The van der Waals surface area contributed by atoms with Gasteiger partial charge in [-0.1, -0.05) is 78.3 Å². The lowest BCUT2D eigenvalue weighted by Crippen LogP contribution is -2.22. The summed E-state index contributed by atoms with van der Waals surface area (Å²) >= 11 is 6.02. The highest BCUT2D eigenvalue weighted by atomic mass is 35.5. The van der Waals surface area contributed by atoms with Gasteiger partial charge in [-0.3, -0.25) is 4.79 Å². The molecule has 0 saturated heterocycles. The zero-order valence-electron chi connectivity index (χ0n) is 13.7. The van der Waals surface area contributed by atoms with Crippen molar-refractivity contribution in [1.82, 2.24) is 0 Å². The van der Waals surface area contributed by atoms with Gasteiger partial charge in [0.2, 0.25) is 5.91 Å². The Labute approximate surface area is 152 Å². The summed E-state index contributed by atoms with van der Waals surface area (Å²) in [7, 11) is 0. The number of carbonyl (C=O) groups is 1. The summed E-state index contributed by atoms with van der Waals surface area (Å²) in [5.74, 6) is -0.0498. The Kier molecular flexibility index (Phi) is 4.06. The number of anilines is 1. The summed E-state index contributed by atoms with van der Waals surface area (Å²) in [6, 6.07) is 27.9. The minimum atomic E-state index is -0.245. The topological polar surface area (TPSA) is 29.1 Å². The van der Waals surface area contributed by atoms with Crippen LogP contribution in [0.2, 0.25) is 5.02 Å². The van der Waals surface area contributed by atoms with E-state index in [4.69, 9.17) is 11.6 Å². The molecule has 0 heterocycles. The SMILES string of the molecule is O=C(Nc1cccc(Cl)c1)C1CC1(c1ccccc1)c1ccccc1. The Bertz CT molecular complexity index is 853. The van der Waals surface area contributed by atoms with Gasteiger partial charge in [-0.05, 0) is 35.7 Å². The normalized spacial score (nSPS) is 17.7. The number of benzene rings is 3. The van der Waals surface area contributed by atoms with E-state index < -0.39 is 0 Å². The number of nitrogens with one attached hydrogen (secondary N) is 1. The molecule has 25 heavy (non-hydrogen) atoms. The van der Waals surface area contributed by atoms with Crippen LogP contribution in [0.15, 0.2) is 84.9 Å². The van der Waals surface area contributed by atoms with E-state index >= 15 is 0 Å². The number of hydrogen-bond donors (Lipinski definition) is 1. The quantitative estimate of drug-likeness (QED) is 0.683. The van der Waals surface area contributed by atoms with Gasteiger partial charge in [0.25, 0.3) is 0 Å². The summed E-state index contributed by atoms with van der Waals surface area (Å²) in [5, 5.41) is 3.63. The summed E-state index contributed by atoms with van der Waals surface area (Å²) < 4.78 is 0. The lowest BCUT2D eigenvalue weighted by molar-refractivity contribution is -0.117. The van der Waals surface area contributed by atoms with Gasteiger partial charge in [0.05, 0.1) is 5.92 Å². The average molecular weight is 348 g/mol. The first-order valence-electron chi connectivity index (χ1n) is 8.37. The number of hydrogen-bond acceptors (Lipinski definition) is 1. The fourth-order valence-corrected chi connectivity index (χ4v) is 3.84. The van der Waals surface area contributed by atoms with E-state index in [0.29, 0.717) is 5.02 Å². The third-order valence-corrected chi connectivity index (χ3v) is 5.18. The molecule has 0 aliphatic heterocycles. The maximum atomic E-state index is 12.9. The summed E-state index contributed by atoms with van der Waals surface area (Å²) in [5.41, 5.74) is 2.87. The average Bonchev–Trinajstić information content (AvgIpc) is 3.40. The fraction of sp³-hybridized carbons (Fsp3) is 0.136. The Morgan fingerprint density at radius 1 is 0.880 bits per heavy atom. The first kappa shape index (κ1) is 15.9. The van der Waals surface area contributed by atoms with Crippen molar-refractivity contribution in [3.63, 3.8) is 0 Å². The van der Waals surface area contributed by atoms with Crippen LogP contribution < -0.4 is 5.32 Å². The van der Waals surface area contributed by atoms with Crippen LogP contribution in [0.5, 0.6) is 0 Å². The number of carbonyl (C=O) groups excluding carboxylic acids is 1. The lowest BCUT2D eigenvalue weighted by Gasteiger charge is -2.19. The molecular formula is C22H18ClNO. The van der Waals surface area contributed by atoms with Crippen LogP contribution in [0.4, 0.5) is 5.69 Å². The van der Waals surface area contributed by atoms with Crippen LogP contribution in [0.1, 0.15) is 17.5 Å². The summed E-state index contributed by atoms with van der Waals surface area (Å²) in [6.45, 7) is 0. The van der Waals surface area contributed by atoms with Gasteiger partial charge in [-0.2, -0.15) is 0 Å². The van der Waals surface area contributed by atoms with Crippen molar-refractivity contribution in [2.75, 3.05) is 5.32 Å². The van der Waals surface area contributed by atoms with Crippen LogP contribution in [-0.2, 0) is 10.2 Å². The molecule has 3 aromatic rings. The largest absolute Gasteiger partial charge is 0.326 e. The Morgan fingerprint density at radius 2 is 1.48 bits per heavy atom. The highest BCUT2D eigenvalue weighted by molar-refractivity contribution is 6.30. The molecule has 1 amide bonds. The van der Waals surface area contributed by atoms with E-state index in [9.17, 15) is 4.79 Å². The number of rotatable bonds is 4. The van der Waals surface area contributed by atoms with Crippen LogP contribution in [0, 0.1) is 5.92 Å². The molecule has 1 unspecified atom stereocenters. The van der Waals surface area contributed by atoms with Crippen LogP contribution in [0.3, 0.4) is 0 Å². The first-order valence-corrected chi connectivity index (χ1v) is 8.75. The van der Waals surface area contributed by atoms with E-state index in [2.05, 4.69) is 29.6 Å². The van der Waals surface area contributed by atoms with E-state index in [1.807, 2.05) is 48.5 Å². The van der Waals surface area contributed by atoms with Crippen LogP contribution in [0.25, 0.3) is 0 Å². The van der Waals surface area contributed by atoms with E-state index in [1.54, 1.807) is 12.1 Å². The van der Waals surface area contributed by atoms with Crippen molar-refractivity contribution in [1.29, 1.82) is 0 Å². The zero-order valence-corrected chi connectivity index (χ0v) is 14.4. The molecule has 1 aliphatic carbocycles. The van der Waals surface area contributed by atoms with Crippen molar-refractivity contribution in [2.24, 2.45) is 5.92 Å². The Hall–Kier alpha value is -2.58. The predicted octanol–water partition coefficient (Wildman–Crippen LogP) is 5.28. The lowest BCUT2D eigenvalue weighted by atomic mass is 9.85. The van der Waals surface area contributed by atoms with E-state index in [-0.39, 0.29) is 17.2 Å². The molecule has 3 heteroatoms. The second-order valence-corrected chi connectivity index (χ2v) is 6.90. The molecule has 0 radical (unpaired) electrons. The molecule has 124 valence electrons. The maximum absolute atomic E-state index is 12.9. The van der Waals surface area contributed by atoms with Gasteiger partial charge in [0.1, 0.15) is 0 Å². The molecule has 0 aromatic heterocycles.